The zero-order chi connectivity index (χ0) is 14.4. The molecule has 2 saturated heterocycles. The number of nitrogens with zero attached hydrogens (tertiary/aromatic N) is 2. The molecule has 0 aromatic carbocycles. The Morgan fingerprint density at radius 2 is 1.47 bits per heavy atom. The fraction of sp³-hybridized carbons (Fsp3) is 0.938. The smallest absolute Gasteiger partial charge is 0.223 e. The third-order valence-electron chi connectivity index (χ3n) is 4.29. The lowest BCUT2D eigenvalue weighted by atomic mass is 9.91. The summed E-state index contributed by atoms with van der Waals surface area (Å²) in [6.07, 6.45) is 3.17. The van der Waals surface area contributed by atoms with Gasteiger partial charge in [-0.2, -0.15) is 0 Å². The number of carbonyl (C=O) groups is 1. The van der Waals surface area contributed by atoms with Crippen LogP contribution in [0.15, 0.2) is 0 Å². The molecule has 2 aliphatic heterocycles. The maximum absolute atomic E-state index is 12.4. The Morgan fingerprint density at radius 1 is 1.00 bits per heavy atom. The van der Waals surface area contributed by atoms with Gasteiger partial charge in [0.15, 0.2) is 0 Å². The molecule has 2 bridgehead atoms. The van der Waals surface area contributed by atoms with Gasteiger partial charge in [0.1, 0.15) is 0 Å². The molecule has 0 N–H and O–H groups in total. The highest BCUT2D eigenvalue weighted by Gasteiger charge is 2.45. The summed E-state index contributed by atoms with van der Waals surface area (Å²) in [6, 6.07) is 1.14. The first-order valence-electron chi connectivity index (χ1n) is 7.64. The van der Waals surface area contributed by atoms with E-state index >= 15 is 0 Å². The number of hydrogen-bond acceptors (Lipinski definition) is 2. The summed E-state index contributed by atoms with van der Waals surface area (Å²) in [5.74, 6) is 0.345. The zero-order valence-corrected chi connectivity index (χ0v) is 13.5. The number of rotatable bonds is 1. The van der Waals surface area contributed by atoms with Crippen LogP contribution in [0.3, 0.4) is 0 Å². The topological polar surface area (TPSA) is 23.6 Å². The van der Waals surface area contributed by atoms with Crippen molar-refractivity contribution < 1.29 is 4.79 Å². The standard InChI is InChI=1S/C16H30N2O/c1-15(2,3)9-14(19)17-10-12-7-8-13(11-17)18(12)16(4,5)6/h12-13H,7-11H2,1-6H3. The van der Waals surface area contributed by atoms with Crippen LogP contribution in [0, 0.1) is 5.41 Å². The number of carbonyl (C=O) groups excluding carboxylic acids is 1. The maximum Gasteiger partial charge on any atom is 0.223 e. The largest absolute Gasteiger partial charge is 0.340 e. The van der Waals surface area contributed by atoms with E-state index in [1.165, 1.54) is 12.8 Å². The Labute approximate surface area is 118 Å². The molecule has 2 rings (SSSR count). The molecule has 0 aromatic heterocycles. The van der Waals surface area contributed by atoms with Gasteiger partial charge in [0.2, 0.25) is 5.91 Å². The lowest BCUT2D eigenvalue weighted by Crippen LogP contribution is -2.61. The van der Waals surface area contributed by atoms with E-state index in [4.69, 9.17) is 0 Å². The summed E-state index contributed by atoms with van der Waals surface area (Å²) in [5.41, 5.74) is 0.322. The monoisotopic (exact) mass is 266 g/mol. The van der Waals surface area contributed by atoms with Crippen molar-refractivity contribution in [1.29, 1.82) is 0 Å². The highest BCUT2D eigenvalue weighted by molar-refractivity contribution is 5.77. The molecule has 0 aliphatic carbocycles. The van der Waals surface area contributed by atoms with Gasteiger partial charge in [-0.1, -0.05) is 20.8 Å². The van der Waals surface area contributed by atoms with Crippen LogP contribution < -0.4 is 0 Å². The van der Waals surface area contributed by atoms with Crippen LogP contribution >= 0.6 is 0 Å². The van der Waals surface area contributed by atoms with E-state index in [0.29, 0.717) is 24.4 Å². The Kier molecular flexibility index (Phi) is 3.72. The highest BCUT2D eigenvalue weighted by atomic mass is 16.2. The quantitative estimate of drug-likeness (QED) is 0.728. The first-order chi connectivity index (χ1) is 8.58. The van der Waals surface area contributed by atoms with Gasteiger partial charge in [-0.05, 0) is 39.0 Å². The Hall–Kier alpha value is -0.570. The van der Waals surface area contributed by atoms with Crippen LogP contribution in [-0.2, 0) is 4.79 Å². The van der Waals surface area contributed by atoms with E-state index in [-0.39, 0.29) is 11.0 Å². The summed E-state index contributed by atoms with van der Waals surface area (Å²) >= 11 is 0. The van der Waals surface area contributed by atoms with Crippen LogP contribution in [0.4, 0.5) is 0 Å². The minimum atomic E-state index is 0.0945. The van der Waals surface area contributed by atoms with Crippen molar-refractivity contribution in [2.45, 2.75) is 78.4 Å². The molecule has 0 saturated carbocycles. The normalized spacial score (nSPS) is 28.8. The highest BCUT2D eigenvalue weighted by Crippen LogP contribution is 2.36. The SMILES string of the molecule is CC(C)(C)CC(=O)N1CC2CCC(C1)N2C(C)(C)C. The van der Waals surface area contributed by atoms with E-state index in [2.05, 4.69) is 51.3 Å². The van der Waals surface area contributed by atoms with E-state index in [0.717, 1.165) is 13.1 Å². The van der Waals surface area contributed by atoms with Gasteiger partial charge in [0.05, 0.1) is 0 Å². The molecule has 19 heavy (non-hydrogen) atoms. The summed E-state index contributed by atoms with van der Waals surface area (Å²) in [5, 5.41) is 0. The predicted molar refractivity (Wildman–Crippen MR) is 79.1 cm³/mol. The molecule has 1 amide bonds. The van der Waals surface area contributed by atoms with Gasteiger partial charge < -0.3 is 4.90 Å². The molecular formula is C16H30N2O. The van der Waals surface area contributed by atoms with Gasteiger partial charge in [-0.25, -0.2) is 0 Å². The van der Waals surface area contributed by atoms with Crippen molar-refractivity contribution in [2.75, 3.05) is 13.1 Å². The summed E-state index contributed by atoms with van der Waals surface area (Å²) in [4.78, 5) is 17.2. The lowest BCUT2D eigenvalue weighted by Gasteiger charge is -2.48. The van der Waals surface area contributed by atoms with Crippen molar-refractivity contribution in [3.8, 4) is 0 Å². The Morgan fingerprint density at radius 3 is 1.84 bits per heavy atom. The molecular weight excluding hydrogens is 236 g/mol. The summed E-state index contributed by atoms with van der Waals surface area (Å²) in [6.45, 7) is 15.2. The van der Waals surface area contributed by atoms with Crippen LogP contribution in [-0.4, -0.2) is 46.4 Å². The van der Waals surface area contributed by atoms with Crippen molar-refractivity contribution in [3.63, 3.8) is 0 Å². The molecule has 0 radical (unpaired) electrons. The molecule has 2 aliphatic rings. The molecule has 2 atom stereocenters. The number of amides is 1. The van der Waals surface area contributed by atoms with Gasteiger partial charge in [-0.15, -0.1) is 0 Å². The van der Waals surface area contributed by atoms with Crippen molar-refractivity contribution in [2.24, 2.45) is 5.41 Å². The second-order valence-corrected chi connectivity index (χ2v) is 8.50. The van der Waals surface area contributed by atoms with Gasteiger partial charge in [-0.3, -0.25) is 9.69 Å². The molecule has 3 heteroatoms. The number of hydrogen-bond donors (Lipinski definition) is 0. The number of likely N-dealkylation sites (tertiary alicyclic amines) is 1. The first-order valence-corrected chi connectivity index (χ1v) is 7.64. The van der Waals surface area contributed by atoms with Crippen molar-refractivity contribution >= 4 is 5.91 Å². The molecule has 0 aromatic rings. The average molecular weight is 266 g/mol. The second-order valence-electron chi connectivity index (χ2n) is 8.50. The van der Waals surface area contributed by atoms with E-state index < -0.39 is 0 Å². The van der Waals surface area contributed by atoms with Gasteiger partial charge in [0.25, 0.3) is 0 Å². The van der Waals surface area contributed by atoms with Crippen LogP contribution in [0.5, 0.6) is 0 Å². The first kappa shape index (κ1) is 14.8. The minimum absolute atomic E-state index is 0.0945. The maximum atomic E-state index is 12.4. The van der Waals surface area contributed by atoms with Gasteiger partial charge >= 0.3 is 0 Å². The zero-order valence-electron chi connectivity index (χ0n) is 13.5. The Bertz CT molecular complexity index is 337. The van der Waals surface area contributed by atoms with Crippen LogP contribution in [0.1, 0.15) is 60.8 Å². The molecule has 0 spiro atoms. The number of fused-ring (bicyclic) bond motifs is 2. The van der Waals surface area contributed by atoms with Crippen LogP contribution in [0.25, 0.3) is 0 Å². The number of piperazine rings is 1. The summed E-state index contributed by atoms with van der Waals surface area (Å²) in [7, 11) is 0. The average Bonchev–Trinajstić information content (AvgIpc) is 2.47. The van der Waals surface area contributed by atoms with Crippen LogP contribution in [0.2, 0.25) is 0 Å². The molecule has 2 heterocycles. The van der Waals surface area contributed by atoms with Crippen molar-refractivity contribution in [1.82, 2.24) is 9.80 Å². The van der Waals surface area contributed by atoms with Gasteiger partial charge in [0, 0.05) is 37.1 Å². The van der Waals surface area contributed by atoms with E-state index in [1.54, 1.807) is 0 Å². The second kappa shape index (κ2) is 4.76. The van der Waals surface area contributed by atoms with Crippen molar-refractivity contribution in [3.05, 3.63) is 0 Å². The fourth-order valence-electron chi connectivity index (χ4n) is 3.77. The molecule has 3 nitrogen and oxygen atoms in total. The molecule has 2 unspecified atom stereocenters. The van der Waals surface area contributed by atoms with E-state index in [1.807, 2.05) is 0 Å². The third kappa shape index (κ3) is 3.31. The third-order valence-corrected chi connectivity index (χ3v) is 4.29. The minimum Gasteiger partial charge on any atom is -0.340 e. The summed E-state index contributed by atoms with van der Waals surface area (Å²) < 4.78 is 0. The molecule has 2 fully saturated rings. The van der Waals surface area contributed by atoms with E-state index in [9.17, 15) is 4.79 Å². The fourth-order valence-corrected chi connectivity index (χ4v) is 3.77. The lowest BCUT2D eigenvalue weighted by molar-refractivity contribution is -0.138. The Balaban J connectivity index is 2.03. The predicted octanol–water partition coefficient (Wildman–Crippen LogP) is 2.90. The molecule has 110 valence electrons.